The Hall–Kier alpha value is -2.72. The van der Waals surface area contributed by atoms with Crippen LogP contribution in [0.3, 0.4) is 0 Å². The summed E-state index contributed by atoms with van der Waals surface area (Å²) in [7, 11) is 1.75. The molecule has 0 radical (unpaired) electrons. The Balaban J connectivity index is 1.43. The maximum Gasteiger partial charge on any atom is 0.253 e. The quantitative estimate of drug-likeness (QED) is 0.241. The van der Waals surface area contributed by atoms with E-state index in [2.05, 4.69) is 16.0 Å². The number of aliphatic hydroxyl groups excluding tert-OH is 1. The molecule has 0 spiro atoms. The number of hydrogen-bond donors (Lipinski definition) is 5. The number of halogens is 3. The van der Waals surface area contributed by atoms with Gasteiger partial charge in [-0.1, -0.05) is 23.2 Å². The van der Waals surface area contributed by atoms with Crippen LogP contribution in [0.1, 0.15) is 35.2 Å². The number of benzene rings is 2. The van der Waals surface area contributed by atoms with Crippen molar-refractivity contribution in [1.82, 2.24) is 20.4 Å². The van der Waals surface area contributed by atoms with Crippen molar-refractivity contribution in [2.45, 2.75) is 38.1 Å². The molecule has 1 amide bonds. The number of carbonyl (C=O) groups is 1. The molecule has 1 saturated heterocycles. The van der Waals surface area contributed by atoms with Crippen molar-refractivity contribution >= 4 is 34.8 Å². The summed E-state index contributed by atoms with van der Waals surface area (Å²) in [6.07, 6.45) is 1.49. The van der Waals surface area contributed by atoms with Gasteiger partial charge in [0.15, 0.2) is 0 Å². The predicted octanol–water partition coefficient (Wildman–Crippen LogP) is 3.31. The average Bonchev–Trinajstić information content (AvgIpc) is 3.43. The molecule has 8 nitrogen and oxygen atoms in total. The monoisotopic (exact) mass is 550 g/mol. The third-order valence-corrected chi connectivity index (χ3v) is 7.65. The van der Waals surface area contributed by atoms with Crippen LogP contribution in [0, 0.1) is 5.82 Å². The Labute approximate surface area is 226 Å². The SMILES string of the molecule is CNC(CC1=C(N)NCCN1Cc1c(Cl)ccc(F)c1Cl)C(O)Nc1ccc(C(=O)N2CCCC2)cc1. The summed E-state index contributed by atoms with van der Waals surface area (Å²) < 4.78 is 14.1. The number of amides is 1. The van der Waals surface area contributed by atoms with E-state index in [0.29, 0.717) is 47.2 Å². The molecule has 37 heavy (non-hydrogen) atoms. The highest BCUT2D eigenvalue weighted by atomic mass is 35.5. The van der Waals surface area contributed by atoms with Crippen LogP contribution in [0.4, 0.5) is 10.1 Å². The third kappa shape index (κ3) is 6.41. The van der Waals surface area contributed by atoms with Crippen LogP contribution in [-0.4, -0.2) is 66.3 Å². The largest absolute Gasteiger partial charge is 0.384 e. The zero-order valence-electron chi connectivity index (χ0n) is 20.7. The molecule has 2 heterocycles. The number of rotatable bonds is 9. The number of anilines is 1. The Kier molecular flexibility index (Phi) is 9.02. The summed E-state index contributed by atoms with van der Waals surface area (Å²) in [4.78, 5) is 16.4. The van der Waals surface area contributed by atoms with E-state index in [1.54, 1.807) is 31.3 Å². The number of hydrogen-bond acceptors (Lipinski definition) is 7. The molecule has 200 valence electrons. The molecule has 1 fully saturated rings. The molecule has 0 aromatic heterocycles. The molecule has 0 bridgehead atoms. The number of nitrogens with zero attached hydrogens (tertiary/aromatic N) is 2. The van der Waals surface area contributed by atoms with Gasteiger partial charge in [-0.15, -0.1) is 0 Å². The highest BCUT2D eigenvalue weighted by molar-refractivity contribution is 6.36. The molecular formula is C26H33Cl2FN6O2. The van der Waals surface area contributed by atoms with Gasteiger partial charge in [0, 0.05) is 61.0 Å². The minimum atomic E-state index is -0.962. The average molecular weight is 551 g/mol. The fraction of sp³-hybridized carbons (Fsp3) is 0.423. The van der Waals surface area contributed by atoms with Gasteiger partial charge >= 0.3 is 0 Å². The molecule has 4 rings (SSSR count). The first-order chi connectivity index (χ1) is 17.8. The lowest BCUT2D eigenvalue weighted by Crippen LogP contribution is -2.47. The van der Waals surface area contributed by atoms with Gasteiger partial charge in [-0.3, -0.25) is 4.79 Å². The first-order valence-corrected chi connectivity index (χ1v) is 13.1. The van der Waals surface area contributed by atoms with Crippen LogP contribution in [0.5, 0.6) is 0 Å². The second-order valence-corrected chi connectivity index (χ2v) is 10.1. The molecule has 0 saturated carbocycles. The fourth-order valence-corrected chi connectivity index (χ4v) is 5.20. The van der Waals surface area contributed by atoms with E-state index in [9.17, 15) is 14.3 Å². The summed E-state index contributed by atoms with van der Waals surface area (Å²) in [5, 5.41) is 20.7. The molecule has 2 aliphatic rings. The Bertz CT molecular complexity index is 1140. The maximum absolute atomic E-state index is 14.1. The minimum absolute atomic E-state index is 0.0116. The molecule has 2 aliphatic heterocycles. The van der Waals surface area contributed by atoms with Gasteiger partial charge in [-0.2, -0.15) is 0 Å². The van der Waals surface area contributed by atoms with Crippen molar-refractivity contribution in [3.8, 4) is 0 Å². The van der Waals surface area contributed by atoms with Crippen LogP contribution >= 0.6 is 23.2 Å². The van der Waals surface area contributed by atoms with Crippen molar-refractivity contribution in [2.75, 3.05) is 38.5 Å². The van der Waals surface area contributed by atoms with E-state index in [1.165, 1.54) is 12.1 Å². The maximum atomic E-state index is 14.1. The number of likely N-dealkylation sites (N-methyl/N-ethyl adjacent to an activating group) is 1. The normalized spacial score (nSPS) is 17.5. The molecule has 2 aromatic rings. The number of nitrogens with two attached hydrogens (primary N) is 1. The summed E-state index contributed by atoms with van der Waals surface area (Å²) in [6.45, 7) is 3.08. The third-order valence-electron chi connectivity index (χ3n) is 6.88. The zero-order valence-corrected chi connectivity index (χ0v) is 22.2. The molecular weight excluding hydrogens is 518 g/mol. The zero-order chi connectivity index (χ0) is 26.5. The van der Waals surface area contributed by atoms with E-state index in [0.717, 1.165) is 31.6 Å². The van der Waals surface area contributed by atoms with E-state index < -0.39 is 18.1 Å². The standard InChI is InChI=1S/C26H33Cl2FN6O2/c1-31-21(25(36)33-17-6-4-16(5-7-17)26(37)34-11-2-3-12-34)14-22-24(30)32-10-13-35(22)15-18-19(27)8-9-20(29)23(18)28/h4-9,21,25,31-33,36H,2-3,10-15,30H2,1H3. The summed E-state index contributed by atoms with van der Waals surface area (Å²) in [6, 6.07) is 9.42. The molecule has 2 unspecified atom stereocenters. The Morgan fingerprint density at radius 1 is 1.16 bits per heavy atom. The van der Waals surface area contributed by atoms with Crippen molar-refractivity contribution in [3.63, 3.8) is 0 Å². The second kappa shape index (κ2) is 12.2. The van der Waals surface area contributed by atoms with Crippen LogP contribution in [0.2, 0.25) is 10.0 Å². The lowest BCUT2D eigenvalue weighted by molar-refractivity contribution is 0.0793. The molecule has 11 heteroatoms. The Morgan fingerprint density at radius 2 is 1.86 bits per heavy atom. The number of aliphatic hydroxyl groups is 1. The van der Waals surface area contributed by atoms with Crippen LogP contribution in [0.15, 0.2) is 47.9 Å². The molecule has 0 aliphatic carbocycles. The van der Waals surface area contributed by atoms with Gasteiger partial charge < -0.3 is 36.6 Å². The van der Waals surface area contributed by atoms with Gasteiger partial charge in [0.2, 0.25) is 0 Å². The van der Waals surface area contributed by atoms with E-state index in [-0.39, 0.29) is 17.5 Å². The van der Waals surface area contributed by atoms with Crippen molar-refractivity contribution < 1.29 is 14.3 Å². The van der Waals surface area contributed by atoms with Crippen molar-refractivity contribution in [2.24, 2.45) is 5.73 Å². The minimum Gasteiger partial charge on any atom is -0.384 e. The lowest BCUT2D eigenvalue weighted by Gasteiger charge is -2.36. The van der Waals surface area contributed by atoms with Gasteiger partial charge in [0.05, 0.1) is 16.8 Å². The second-order valence-electron chi connectivity index (χ2n) is 9.30. The van der Waals surface area contributed by atoms with E-state index in [1.807, 2.05) is 9.80 Å². The Morgan fingerprint density at radius 3 is 2.54 bits per heavy atom. The van der Waals surface area contributed by atoms with Crippen molar-refractivity contribution in [1.29, 1.82) is 0 Å². The number of nitrogens with one attached hydrogen (secondary N) is 3. The van der Waals surface area contributed by atoms with E-state index >= 15 is 0 Å². The number of carbonyl (C=O) groups excluding carboxylic acids is 1. The summed E-state index contributed by atoms with van der Waals surface area (Å²) in [5.74, 6) is -0.0220. The predicted molar refractivity (Wildman–Crippen MR) is 145 cm³/mol. The number of likely N-dealkylation sites (tertiary alicyclic amines) is 1. The molecule has 2 aromatic carbocycles. The summed E-state index contributed by atoms with van der Waals surface area (Å²) >= 11 is 12.5. The van der Waals surface area contributed by atoms with Crippen LogP contribution in [-0.2, 0) is 6.54 Å². The van der Waals surface area contributed by atoms with Crippen LogP contribution in [0.25, 0.3) is 0 Å². The first kappa shape index (κ1) is 27.3. The summed E-state index contributed by atoms with van der Waals surface area (Å²) in [5.41, 5.74) is 8.86. The van der Waals surface area contributed by atoms with Gasteiger partial charge in [0.25, 0.3) is 5.91 Å². The highest BCUT2D eigenvalue weighted by Gasteiger charge is 2.27. The highest BCUT2D eigenvalue weighted by Crippen LogP contribution is 2.31. The van der Waals surface area contributed by atoms with Crippen molar-refractivity contribution in [3.05, 3.63) is 74.9 Å². The van der Waals surface area contributed by atoms with Gasteiger partial charge in [0.1, 0.15) is 17.9 Å². The lowest BCUT2D eigenvalue weighted by atomic mass is 10.1. The first-order valence-electron chi connectivity index (χ1n) is 12.4. The van der Waals surface area contributed by atoms with E-state index in [4.69, 9.17) is 28.9 Å². The smallest absolute Gasteiger partial charge is 0.253 e. The fourth-order valence-electron chi connectivity index (χ4n) is 4.71. The topological polar surface area (TPSA) is 106 Å². The molecule has 6 N–H and O–H groups in total. The van der Waals surface area contributed by atoms with Gasteiger partial charge in [-0.25, -0.2) is 4.39 Å². The van der Waals surface area contributed by atoms with Crippen LogP contribution < -0.4 is 21.7 Å². The van der Waals surface area contributed by atoms with Gasteiger partial charge in [-0.05, 0) is 56.3 Å². The molecule has 2 atom stereocenters.